The summed E-state index contributed by atoms with van der Waals surface area (Å²) < 4.78 is 7.34. The predicted molar refractivity (Wildman–Crippen MR) is 104 cm³/mol. The largest absolute Gasteiger partial charge is 0.469 e. The summed E-state index contributed by atoms with van der Waals surface area (Å²) >= 11 is 5.41. The third-order valence-corrected chi connectivity index (χ3v) is 5.64. The first-order chi connectivity index (χ1) is 11.8. The molecule has 0 saturated carbocycles. The van der Waals surface area contributed by atoms with Gasteiger partial charge in [-0.1, -0.05) is 46.3 Å². The van der Waals surface area contributed by atoms with Gasteiger partial charge in [0.15, 0.2) is 6.23 Å². The summed E-state index contributed by atoms with van der Waals surface area (Å²) in [4.78, 5) is 0. The molecule has 0 N–H and O–H groups in total. The number of thioether (sulfide) groups is 1. The first kappa shape index (κ1) is 16.0. The van der Waals surface area contributed by atoms with Crippen LogP contribution in [-0.2, 0) is 0 Å². The summed E-state index contributed by atoms with van der Waals surface area (Å²) in [6, 6.07) is 17.0. The Labute approximate surface area is 155 Å². The molecule has 24 heavy (non-hydrogen) atoms. The lowest BCUT2D eigenvalue weighted by Gasteiger charge is -2.38. The average Bonchev–Trinajstić information content (AvgIpc) is 3.05. The highest BCUT2D eigenvalue weighted by Gasteiger charge is 2.39. The van der Waals surface area contributed by atoms with Gasteiger partial charge in [-0.15, -0.1) is 0 Å². The minimum Gasteiger partial charge on any atom is -0.469 e. The number of rotatable bonds is 4. The van der Waals surface area contributed by atoms with Crippen molar-refractivity contribution >= 4 is 33.4 Å². The van der Waals surface area contributed by atoms with Crippen LogP contribution in [0.1, 0.15) is 30.0 Å². The number of fused-ring (bicyclic) bond motifs is 3. The van der Waals surface area contributed by atoms with E-state index in [-0.39, 0.29) is 12.3 Å². The molecule has 0 saturated heterocycles. The molecule has 5 heteroatoms. The molecule has 2 heterocycles. The number of halogens is 1. The zero-order chi connectivity index (χ0) is 16.5. The van der Waals surface area contributed by atoms with E-state index in [9.17, 15) is 0 Å². The van der Waals surface area contributed by atoms with E-state index in [1.807, 2.05) is 23.9 Å². The Morgan fingerprint density at radius 2 is 2.12 bits per heavy atom. The Hall–Kier alpha value is -1.46. The monoisotopic (exact) mass is 402 g/mol. The van der Waals surface area contributed by atoms with Gasteiger partial charge in [0.25, 0.3) is 0 Å². The van der Waals surface area contributed by atoms with Gasteiger partial charge in [-0.25, -0.2) is 0 Å². The molecule has 124 valence electrons. The van der Waals surface area contributed by atoms with Crippen LogP contribution in [-0.4, -0.2) is 29.0 Å². The van der Waals surface area contributed by atoms with E-state index in [1.54, 1.807) is 0 Å². The van der Waals surface area contributed by atoms with Crippen molar-refractivity contribution in [2.45, 2.75) is 25.1 Å². The van der Waals surface area contributed by atoms with Gasteiger partial charge in [0.05, 0.1) is 11.8 Å². The first-order valence-electron chi connectivity index (χ1n) is 8.12. The van der Waals surface area contributed by atoms with Crippen LogP contribution in [0.5, 0.6) is 5.75 Å². The predicted octanol–water partition coefficient (Wildman–Crippen LogP) is 5.07. The average molecular weight is 403 g/mol. The van der Waals surface area contributed by atoms with Gasteiger partial charge in [-0.2, -0.15) is 16.9 Å². The summed E-state index contributed by atoms with van der Waals surface area (Å²) in [5.74, 6) is 2.08. The van der Waals surface area contributed by atoms with Crippen LogP contribution in [0.2, 0.25) is 0 Å². The number of nitrogens with zero attached hydrogens (tertiary/aromatic N) is 2. The summed E-state index contributed by atoms with van der Waals surface area (Å²) in [6.07, 6.45) is 4.05. The van der Waals surface area contributed by atoms with Crippen molar-refractivity contribution in [2.75, 3.05) is 12.0 Å². The zero-order valence-corrected chi connectivity index (χ0v) is 15.9. The Bertz CT molecular complexity index is 779. The second-order valence-electron chi connectivity index (χ2n) is 6.05. The fourth-order valence-electron chi connectivity index (χ4n) is 3.36. The highest BCUT2D eigenvalue weighted by molar-refractivity contribution is 9.10. The molecule has 0 radical (unpaired) electrons. The van der Waals surface area contributed by atoms with Gasteiger partial charge in [-0.3, -0.25) is 5.01 Å². The van der Waals surface area contributed by atoms with Crippen molar-refractivity contribution in [1.29, 1.82) is 0 Å². The molecule has 0 amide bonds. The molecule has 2 atom stereocenters. The molecular weight excluding hydrogens is 384 g/mol. The smallest absolute Gasteiger partial charge is 0.188 e. The van der Waals surface area contributed by atoms with Crippen LogP contribution < -0.4 is 4.74 Å². The molecule has 2 aromatic rings. The molecule has 0 spiro atoms. The third kappa shape index (κ3) is 2.95. The second kappa shape index (κ2) is 6.81. The molecule has 4 rings (SSSR count). The summed E-state index contributed by atoms with van der Waals surface area (Å²) in [7, 11) is 0. The highest BCUT2D eigenvalue weighted by atomic mass is 79.9. The zero-order valence-electron chi connectivity index (χ0n) is 13.5. The summed E-state index contributed by atoms with van der Waals surface area (Å²) in [5.41, 5.74) is 3.56. The Morgan fingerprint density at radius 1 is 1.25 bits per heavy atom. The lowest BCUT2D eigenvalue weighted by atomic mass is 9.96. The van der Waals surface area contributed by atoms with Crippen molar-refractivity contribution < 1.29 is 4.74 Å². The Morgan fingerprint density at radius 3 is 2.96 bits per heavy atom. The first-order valence-corrected chi connectivity index (χ1v) is 10.3. The SMILES string of the molecule is CSCC[C@@H]1Oc2ccccc2[C@@H]2CC(c3cccc(Br)c3)=NN12. The Balaban J connectivity index is 1.69. The van der Waals surface area contributed by atoms with Crippen molar-refractivity contribution in [3.63, 3.8) is 0 Å². The lowest BCUT2D eigenvalue weighted by molar-refractivity contribution is -0.0180. The summed E-state index contributed by atoms with van der Waals surface area (Å²) in [6.45, 7) is 0. The third-order valence-electron chi connectivity index (χ3n) is 4.51. The van der Waals surface area contributed by atoms with Crippen LogP contribution in [0.25, 0.3) is 0 Å². The van der Waals surface area contributed by atoms with Crippen LogP contribution >= 0.6 is 27.7 Å². The van der Waals surface area contributed by atoms with E-state index in [0.29, 0.717) is 0 Å². The van der Waals surface area contributed by atoms with Gasteiger partial charge in [0.1, 0.15) is 5.75 Å². The molecule has 0 fully saturated rings. The highest BCUT2D eigenvalue weighted by Crippen LogP contribution is 2.43. The molecule has 0 aliphatic carbocycles. The molecule has 2 aromatic carbocycles. The molecule has 2 aliphatic rings. The van der Waals surface area contributed by atoms with Gasteiger partial charge >= 0.3 is 0 Å². The minimum absolute atomic E-state index is 0.0157. The standard InChI is InChI=1S/C19H19BrN2OS/c1-24-10-9-19-22-17(15-7-2-3-8-18(15)23-19)12-16(21-22)13-5-4-6-14(20)11-13/h2-8,11,17,19H,9-10,12H2,1H3/t17-,19-/m0/s1. The van der Waals surface area contributed by atoms with Gasteiger partial charge < -0.3 is 4.74 Å². The van der Waals surface area contributed by atoms with E-state index in [1.165, 1.54) is 11.1 Å². The maximum Gasteiger partial charge on any atom is 0.188 e. The van der Waals surface area contributed by atoms with Gasteiger partial charge in [-0.05, 0) is 35.8 Å². The molecular formula is C19H19BrN2OS. The maximum absolute atomic E-state index is 6.25. The van der Waals surface area contributed by atoms with Crippen LogP contribution in [0, 0.1) is 0 Å². The Kier molecular flexibility index (Phi) is 4.55. The van der Waals surface area contributed by atoms with E-state index in [2.05, 4.69) is 63.6 Å². The number of hydrogen-bond donors (Lipinski definition) is 0. The van der Waals surface area contributed by atoms with Crippen molar-refractivity contribution in [3.05, 3.63) is 64.1 Å². The molecule has 0 unspecified atom stereocenters. The number of ether oxygens (including phenoxy) is 1. The minimum atomic E-state index is 0.0157. The van der Waals surface area contributed by atoms with Crippen molar-refractivity contribution in [2.24, 2.45) is 5.10 Å². The van der Waals surface area contributed by atoms with E-state index in [4.69, 9.17) is 9.84 Å². The van der Waals surface area contributed by atoms with E-state index in [0.717, 1.165) is 34.5 Å². The quantitative estimate of drug-likeness (QED) is 0.713. The maximum atomic E-state index is 6.25. The molecule has 2 aliphatic heterocycles. The summed E-state index contributed by atoms with van der Waals surface area (Å²) in [5, 5.41) is 7.12. The fourth-order valence-corrected chi connectivity index (χ4v) is 4.20. The number of hydrazone groups is 1. The molecule has 3 nitrogen and oxygen atoms in total. The van der Waals surface area contributed by atoms with Gasteiger partial charge in [0, 0.05) is 22.9 Å². The van der Waals surface area contributed by atoms with E-state index >= 15 is 0 Å². The lowest BCUT2D eigenvalue weighted by Crippen LogP contribution is -2.40. The van der Waals surface area contributed by atoms with Gasteiger partial charge in [0.2, 0.25) is 0 Å². The fraction of sp³-hybridized carbons (Fsp3) is 0.316. The number of hydrogen-bond acceptors (Lipinski definition) is 4. The second-order valence-corrected chi connectivity index (χ2v) is 7.95. The topological polar surface area (TPSA) is 24.8 Å². The number of benzene rings is 2. The van der Waals surface area contributed by atoms with Crippen molar-refractivity contribution in [3.8, 4) is 5.75 Å². The number of para-hydroxylation sites is 1. The van der Waals surface area contributed by atoms with Crippen molar-refractivity contribution in [1.82, 2.24) is 5.01 Å². The van der Waals surface area contributed by atoms with Crippen LogP contribution in [0.3, 0.4) is 0 Å². The molecule has 0 aromatic heterocycles. The normalized spacial score (nSPS) is 21.8. The van der Waals surface area contributed by atoms with E-state index < -0.39 is 0 Å². The van der Waals surface area contributed by atoms with Crippen LogP contribution in [0.4, 0.5) is 0 Å². The van der Waals surface area contributed by atoms with Crippen LogP contribution in [0.15, 0.2) is 58.1 Å². The molecule has 0 bridgehead atoms.